The lowest BCUT2D eigenvalue weighted by Crippen LogP contribution is -1.83. The molecule has 0 bridgehead atoms. The fourth-order valence-electron chi connectivity index (χ4n) is 3.79. The third kappa shape index (κ3) is 4.18. The lowest BCUT2D eigenvalue weighted by atomic mass is 10.1. The van der Waals surface area contributed by atoms with Gasteiger partial charge in [-0.15, -0.1) is 0 Å². The van der Waals surface area contributed by atoms with E-state index in [-0.39, 0.29) is 0 Å². The average Bonchev–Trinajstić information content (AvgIpc) is 3.15. The first kappa shape index (κ1) is 19.7. The third-order valence-corrected chi connectivity index (χ3v) is 6.05. The fourth-order valence-corrected chi connectivity index (χ4v) is 4.16. The van der Waals surface area contributed by atoms with Gasteiger partial charge in [0.15, 0.2) is 0 Å². The lowest BCUT2D eigenvalue weighted by Gasteiger charge is -2.03. The second kappa shape index (κ2) is 8.50. The van der Waals surface area contributed by atoms with Gasteiger partial charge in [0.05, 0.1) is 11.4 Å². The molecule has 4 aromatic rings. The Morgan fingerprint density at radius 3 is 1.48 bits per heavy atom. The van der Waals surface area contributed by atoms with E-state index in [0.29, 0.717) is 10.0 Å². The normalized spacial score (nSPS) is 12.5. The van der Waals surface area contributed by atoms with Crippen molar-refractivity contribution >= 4 is 47.0 Å². The molecule has 0 aliphatic heterocycles. The summed E-state index contributed by atoms with van der Waals surface area (Å²) in [6.45, 7) is 0. The van der Waals surface area contributed by atoms with Gasteiger partial charge in [0.2, 0.25) is 0 Å². The third-order valence-electron chi connectivity index (χ3n) is 5.36. The van der Waals surface area contributed by atoms with Crippen molar-refractivity contribution in [2.45, 2.75) is 6.42 Å². The lowest BCUT2D eigenvalue weighted by molar-refractivity contribution is 1.26. The quantitative estimate of drug-likeness (QED) is 0.252. The minimum atomic E-state index is 0.699. The summed E-state index contributed by atoms with van der Waals surface area (Å²) in [7, 11) is 0. The highest BCUT2D eigenvalue weighted by atomic mass is 35.5. The largest absolute Gasteiger partial charge is 0.256 e. The van der Waals surface area contributed by atoms with E-state index in [2.05, 4.69) is 34.3 Å². The minimum Gasteiger partial charge on any atom is -0.256 e. The summed E-state index contributed by atoms with van der Waals surface area (Å²) >= 11 is 12.4. The zero-order valence-electron chi connectivity index (χ0n) is 16.6. The van der Waals surface area contributed by atoms with Crippen LogP contribution in [0.4, 0.5) is 11.4 Å². The molecule has 0 N–H and O–H groups in total. The number of nitrogens with zero attached hydrogens (tertiary/aromatic N) is 2. The molecule has 0 unspecified atom stereocenters. The average molecular weight is 441 g/mol. The van der Waals surface area contributed by atoms with Crippen LogP contribution in [0.25, 0.3) is 11.1 Å². The van der Waals surface area contributed by atoms with Gasteiger partial charge in [0, 0.05) is 33.6 Å². The molecule has 4 heteroatoms. The molecule has 0 heterocycles. The molecule has 1 aliphatic carbocycles. The first-order valence-electron chi connectivity index (χ1n) is 10.0. The molecule has 0 spiro atoms. The van der Waals surface area contributed by atoms with Crippen LogP contribution in [0.1, 0.15) is 22.3 Å². The Hall–Kier alpha value is -3.20. The maximum Gasteiger partial charge on any atom is 0.0633 e. The van der Waals surface area contributed by atoms with E-state index in [1.165, 1.54) is 22.3 Å². The Balaban J connectivity index is 1.38. The molecular formula is C27H18Cl2N2. The molecule has 0 saturated carbocycles. The molecule has 0 saturated heterocycles. The SMILES string of the molecule is Clc1ccccc1C=Nc1ccc2c(c1)Cc1cc(N=Cc3ccccc3Cl)ccc1-2. The molecule has 31 heavy (non-hydrogen) atoms. The maximum atomic E-state index is 6.22. The van der Waals surface area contributed by atoms with E-state index in [4.69, 9.17) is 23.2 Å². The van der Waals surface area contributed by atoms with E-state index in [9.17, 15) is 0 Å². The summed E-state index contributed by atoms with van der Waals surface area (Å²) in [6.07, 6.45) is 4.50. The zero-order chi connectivity index (χ0) is 21.2. The summed E-state index contributed by atoms with van der Waals surface area (Å²) in [5, 5.41) is 1.40. The van der Waals surface area contributed by atoms with Gasteiger partial charge >= 0.3 is 0 Å². The van der Waals surface area contributed by atoms with Crippen LogP contribution in [0.2, 0.25) is 10.0 Å². The Morgan fingerprint density at radius 1 is 0.581 bits per heavy atom. The van der Waals surface area contributed by atoms with E-state index in [1.54, 1.807) is 0 Å². The van der Waals surface area contributed by atoms with Gasteiger partial charge in [-0.2, -0.15) is 0 Å². The van der Waals surface area contributed by atoms with Gasteiger partial charge in [-0.05, 0) is 65.1 Å². The number of hydrogen-bond acceptors (Lipinski definition) is 2. The smallest absolute Gasteiger partial charge is 0.0633 e. The van der Waals surface area contributed by atoms with Crippen LogP contribution in [0.3, 0.4) is 0 Å². The Bertz CT molecular complexity index is 1240. The van der Waals surface area contributed by atoms with Crippen LogP contribution in [-0.4, -0.2) is 12.4 Å². The summed E-state index contributed by atoms with van der Waals surface area (Å²) in [4.78, 5) is 9.24. The first-order chi connectivity index (χ1) is 15.2. The van der Waals surface area contributed by atoms with Crippen LogP contribution < -0.4 is 0 Å². The highest BCUT2D eigenvalue weighted by Gasteiger charge is 2.18. The van der Waals surface area contributed by atoms with Gasteiger partial charge in [-0.1, -0.05) is 71.7 Å². The highest BCUT2D eigenvalue weighted by molar-refractivity contribution is 6.33. The minimum absolute atomic E-state index is 0.699. The summed E-state index contributed by atoms with van der Waals surface area (Å²) < 4.78 is 0. The number of fused-ring (bicyclic) bond motifs is 3. The number of benzene rings is 4. The van der Waals surface area contributed by atoms with Gasteiger partial charge in [0.1, 0.15) is 0 Å². The maximum absolute atomic E-state index is 6.22. The number of aliphatic imine (C=N–C) groups is 2. The van der Waals surface area contributed by atoms with E-state index in [0.717, 1.165) is 28.9 Å². The summed E-state index contributed by atoms with van der Waals surface area (Å²) in [6, 6.07) is 28.1. The van der Waals surface area contributed by atoms with Crippen LogP contribution in [-0.2, 0) is 6.42 Å². The van der Waals surface area contributed by atoms with Gasteiger partial charge in [0.25, 0.3) is 0 Å². The van der Waals surface area contributed by atoms with Crippen LogP contribution in [0.5, 0.6) is 0 Å². The molecular weight excluding hydrogens is 423 g/mol. The van der Waals surface area contributed by atoms with Crippen molar-refractivity contribution in [3.63, 3.8) is 0 Å². The Morgan fingerprint density at radius 2 is 1.03 bits per heavy atom. The fraction of sp³-hybridized carbons (Fsp3) is 0.0370. The molecule has 1 aliphatic rings. The summed E-state index contributed by atoms with van der Waals surface area (Å²) in [5.74, 6) is 0. The monoisotopic (exact) mass is 440 g/mol. The highest BCUT2D eigenvalue weighted by Crippen LogP contribution is 2.40. The molecule has 0 radical (unpaired) electrons. The van der Waals surface area contributed by atoms with Crippen LogP contribution in [0, 0.1) is 0 Å². The Labute approximate surface area is 191 Å². The van der Waals surface area contributed by atoms with Crippen LogP contribution in [0.15, 0.2) is 94.9 Å². The van der Waals surface area contributed by atoms with E-state index < -0.39 is 0 Å². The molecule has 0 fully saturated rings. The zero-order valence-corrected chi connectivity index (χ0v) is 18.1. The predicted molar refractivity (Wildman–Crippen MR) is 132 cm³/mol. The second-order valence-electron chi connectivity index (χ2n) is 7.42. The Kier molecular flexibility index (Phi) is 5.42. The van der Waals surface area contributed by atoms with Crippen molar-refractivity contribution in [2.75, 3.05) is 0 Å². The molecule has 4 aromatic carbocycles. The van der Waals surface area contributed by atoms with Gasteiger partial charge in [-0.25, -0.2) is 0 Å². The van der Waals surface area contributed by atoms with E-state index >= 15 is 0 Å². The predicted octanol–water partition coefficient (Wildman–Crippen LogP) is 8.07. The number of halogens is 2. The first-order valence-corrected chi connectivity index (χ1v) is 10.8. The topological polar surface area (TPSA) is 24.7 Å². The van der Waals surface area contributed by atoms with Crippen molar-refractivity contribution in [2.24, 2.45) is 9.98 Å². The van der Waals surface area contributed by atoms with Crippen molar-refractivity contribution in [1.82, 2.24) is 0 Å². The molecule has 0 aromatic heterocycles. The summed E-state index contributed by atoms with van der Waals surface area (Å²) in [5.41, 5.74) is 8.73. The molecule has 5 rings (SSSR count). The van der Waals surface area contributed by atoms with Gasteiger partial charge in [-0.3, -0.25) is 9.98 Å². The van der Waals surface area contributed by atoms with E-state index in [1.807, 2.05) is 73.1 Å². The number of hydrogen-bond donors (Lipinski definition) is 0. The molecule has 2 nitrogen and oxygen atoms in total. The standard InChI is InChI=1S/C27H18Cl2N2/c28-26-7-3-1-5-18(26)16-30-22-9-11-24-20(14-22)13-21-15-23(10-12-25(21)24)31-17-19-6-2-4-8-27(19)29/h1-12,14-17H,13H2. The van der Waals surface area contributed by atoms with Crippen molar-refractivity contribution < 1.29 is 0 Å². The van der Waals surface area contributed by atoms with Crippen LogP contribution >= 0.6 is 23.2 Å². The van der Waals surface area contributed by atoms with Gasteiger partial charge < -0.3 is 0 Å². The molecule has 0 amide bonds. The molecule has 0 atom stereocenters. The number of rotatable bonds is 4. The second-order valence-corrected chi connectivity index (χ2v) is 8.23. The molecule has 150 valence electrons. The van der Waals surface area contributed by atoms with Crippen molar-refractivity contribution in [1.29, 1.82) is 0 Å². The van der Waals surface area contributed by atoms with Crippen molar-refractivity contribution in [3.8, 4) is 11.1 Å². The van der Waals surface area contributed by atoms with Crippen molar-refractivity contribution in [3.05, 3.63) is 117 Å².